The van der Waals surface area contributed by atoms with Gasteiger partial charge in [-0.15, -0.1) is 6.42 Å². The zero-order valence-corrected chi connectivity index (χ0v) is 15.0. The van der Waals surface area contributed by atoms with Crippen molar-refractivity contribution in [2.45, 2.75) is 5.60 Å². The van der Waals surface area contributed by atoms with Crippen molar-refractivity contribution in [3.63, 3.8) is 0 Å². The molecular weight excluding hydrogens is 344 g/mol. The Bertz CT molecular complexity index is 792. The van der Waals surface area contributed by atoms with Gasteiger partial charge < -0.3 is 19.5 Å². The molecule has 0 aliphatic carbocycles. The Morgan fingerprint density at radius 2 is 1.70 bits per heavy atom. The third-order valence-corrected chi connectivity index (χ3v) is 4.59. The van der Waals surface area contributed by atoms with Crippen molar-refractivity contribution >= 4 is 5.69 Å². The highest BCUT2D eigenvalue weighted by molar-refractivity contribution is 5.52. The lowest BCUT2D eigenvalue weighted by Crippen LogP contribution is -2.36. The molecule has 1 aliphatic rings. The molecule has 0 amide bonds. The van der Waals surface area contributed by atoms with Crippen LogP contribution in [0.15, 0.2) is 53.7 Å². The number of ether oxygens (including phenoxy) is 2. The molecule has 1 atom stereocenters. The second-order valence-electron chi connectivity index (χ2n) is 6.23. The summed E-state index contributed by atoms with van der Waals surface area (Å²) in [4.78, 5) is 12.3. The van der Waals surface area contributed by atoms with Crippen molar-refractivity contribution in [1.82, 2.24) is 0 Å². The van der Waals surface area contributed by atoms with E-state index in [9.17, 15) is 10.0 Å². The van der Waals surface area contributed by atoms with Gasteiger partial charge in [-0.2, -0.15) is 4.91 Å². The molecule has 6 heteroatoms. The van der Waals surface area contributed by atoms with E-state index in [1.165, 1.54) is 0 Å². The van der Waals surface area contributed by atoms with Crippen LogP contribution >= 0.6 is 0 Å². The molecule has 1 fully saturated rings. The minimum Gasteiger partial charge on any atom is -0.492 e. The number of morpholine rings is 1. The van der Waals surface area contributed by atoms with E-state index in [-0.39, 0.29) is 13.2 Å². The van der Waals surface area contributed by atoms with Gasteiger partial charge in [0, 0.05) is 29.9 Å². The maximum atomic E-state index is 11.1. The van der Waals surface area contributed by atoms with Gasteiger partial charge in [0.15, 0.2) is 5.60 Å². The van der Waals surface area contributed by atoms with Crippen molar-refractivity contribution in [2.75, 3.05) is 44.4 Å². The van der Waals surface area contributed by atoms with Crippen molar-refractivity contribution in [3.05, 3.63) is 64.6 Å². The molecule has 2 aromatic carbocycles. The minimum absolute atomic E-state index is 0.0888. The third kappa shape index (κ3) is 4.27. The number of terminal acetylenes is 1. The lowest BCUT2D eigenvalue weighted by Gasteiger charge is -2.30. The fourth-order valence-electron chi connectivity index (χ4n) is 3.06. The average Bonchev–Trinajstić information content (AvgIpc) is 2.74. The smallest absolute Gasteiger partial charge is 0.176 e. The number of hydrogen-bond acceptors (Lipinski definition) is 6. The summed E-state index contributed by atoms with van der Waals surface area (Å²) in [7, 11) is 0. The van der Waals surface area contributed by atoms with E-state index >= 15 is 0 Å². The highest BCUT2D eigenvalue weighted by atomic mass is 16.5. The molecule has 2 aromatic rings. The van der Waals surface area contributed by atoms with Gasteiger partial charge in [-0.25, -0.2) is 0 Å². The molecule has 1 unspecified atom stereocenters. The molecule has 6 nitrogen and oxygen atoms in total. The molecule has 27 heavy (non-hydrogen) atoms. The van der Waals surface area contributed by atoms with Crippen molar-refractivity contribution in [1.29, 1.82) is 0 Å². The molecule has 0 bridgehead atoms. The van der Waals surface area contributed by atoms with Crippen LogP contribution in [0.4, 0.5) is 5.69 Å². The molecule has 1 saturated heterocycles. The summed E-state index contributed by atoms with van der Waals surface area (Å²) in [6.45, 7) is 3.43. The summed E-state index contributed by atoms with van der Waals surface area (Å²) in [6, 6.07) is 14.5. The first-order valence-electron chi connectivity index (χ1n) is 8.83. The quantitative estimate of drug-likeness (QED) is 0.463. The van der Waals surface area contributed by atoms with Crippen LogP contribution in [0.3, 0.4) is 0 Å². The Morgan fingerprint density at radius 3 is 2.26 bits per heavy atom. The SMILES string of the molecule is C#CC(O)(c1ccc(OCCN=O)cc1)c1ccc(N2CCOCC2)cc1. The Balaban J connectivity index is 1.77. The Labute approximate surface area is 158 Å². The number of rotatable bonds is 7. The summed E-state index contributed by atoms with van der Waals surface area (Å²) in [5.41, 5.74) is 0.742. The van der Waals surface area contributed by atoms with E-state index in [2.05, 4.69) is 16.0 Å². The fraction of sp³-hybridized carbons (Fsp3) is 0.333. The van der Waals surface area contributed by atoms with Crippen LogP contribution in [0.1, 0.15) is 11.1 Å². The van der Waals surface area contributed by atoms with E-state index < -0.39 is 5.60 Å². The van der Waals surface area contributed by atoms with Crippen molar-refractivity contribution < 1.29 is 14.6 Å². The number of anilines is 1. The number of benzene rings is 2. The monoisotopic (exact) mass is 366 g/mol. The minimum atomic E-state index is -1.54. The first-order valence-corrected chi connectivity index (χ1v) is 8.83. The number of nitrogens with zero attached hydrogens (tertiary/aromatic N) is 2. The van der Waals surface area contributed by atoms with Crippen LogP contribution in [-0.4, -0.2) is 44.6 Å². The van der Waals surface area contributed by atoms with Gasteiger partial charge in [-0.1, -0.05) is 35.4 Å². The Morgan fingerprint density at radius 1 is 1.11 bits per heavy atom. The normalized spacial score (nSPS) is 16.2. The van der Waals surface area contributed by atoms with Gasteiger partial charge in [-0.3, -0.25) is 0 Å². The van der Waals surface area contributed by atoms with Crippen molar-refractivity contribution in [3.8, 4) is 18.1 Å². The Kier molecular flexibility index (Phi) is 6.07. The molecule has 1 aliphatic heterocycles. The second-order valence-corrected chi connectivity index (χ2v) is 6.23. The van der Waals surface area contributed by atoms with Crippen LogP contribution in [0.5, 0.6) is 5.75 Å². The van der Waals surface area contributed by atoms with Crippen molar-refractivity contribution in [2.24, 2.45) is 5.18 Å². The fourth-order valence-corrected chi connectivity index (χ4v) is 3.06. The largest absolute Gasteiger partial charge is 0.492 e. The summed E-state index contributed by atoms with van der Waals surface area (Å²) >= 11 is 0. The predicted molar refractivity (Wildman–Crippen MR) is 104 cm³/mol. The molecule has 0 radical (unpaired) electrons. The summed E-state index contributed by atoms with van der Waals surface area (Å²) in [5, 5.41) is 13.9. The van der Waals surface area contributed by atoms with E-state index in [1.807, 2.05) is 24.3 Å². The first-order chi connectivity index (χ1) is 13.2. The summed E-state index contributed by atoms with van der Waals surface area (Å²) in [6.07, 6.45) is 5.68. The Hall–Kier alpha value is -2.88. The zero-order chi connectivity index (χ0) is 19.1. The molecule has 3 rings (SSSR count). The lowest BCUT2D eigenvalue weighted by molar-refractivity contribution is 0.122. The number of aliphatic hydroxyl groups is 1. The third-order valence-electron chi connectivity index (χ3n) is 4.59. The zero-order valence-electron chi connectivity index (χ0n) is 15.0. The number of hydrogen-bond donors (Lipinski definition) is 1. The molecular formula is C21H22N2O4. The summed E-state index contributed by atoms with van der Waals surface area (Å²) < 4.78 is 10.8. The van der Waals surface area contributed by atoms with Gasteiger partial charge in [0.1, 0.15) is 18.9 Å². The van der Waals surface area contributed by atoms with Gasteiger partial charge in [0.25, 0.3) is 0 Å². The predicted octanol–water partition coefficient (Wildman–Crippen LogP) is 2.54. The van der Waals surface area contributed by atoms with Crippen LogP contribution in [0.2, 0.25) is 0 Å². The van der Waals surface area contributed by atoms with E-state index in [0.29, 0.717) is 30.1 Å². The molecule has 140 valence electrons. The van der Waals surface area contributed by atoms with E-state index in [0.717, 1.165) is 18.8 Å². The highest BCUT2D eigenvalue weighted by Crippen LogP contribution is 2.31. The molecule has 0 spiro atoms. The highest BCUT2D eigenvalue weighted by Gasteiger charge is 2.29. The van der Waals surface area contributed by atoms with Gasteiger partial charge >= 0.3 is 0 Å². The standard InChI is InChI=1S/C21H22N2O4/c1-2-21(24,18-5-9-20(10-6-18)27-14-11-22-25)17-3-7-19(8-4-17)23-12-15-26-16-13-23/h1,3-10,24H,11-16H2. The topological polar surface area (TPSA) is 71.4 Å². The van der Waals surface area contributed by atoms with Crippen LogP contribution in [0, 0.1) is 17.3 Å². The van der Waals surface area contributed by atoms with E-state index in [1.54, 1.807) is 24.3 Å². The molecule has 0 aromatic heterocycles. The maximum Gasteiger partial charge on any atom is 0.176 e. The molecule has 1 N–H and O–H groups in total. The van der Waals surface area contributed by atoms with Gasteiger partial charge in [0.05, 0.1) is 13.2 Å². The second kappa shape index (κ2) is 8.67. The van der Waals surface area contributed by atoms with Crippen LogP contribution < -0.4 is 9.64 Å². The van der Waals surface area contributed by atoms with Crippen LogP contribution in [-0.2, 0) is 10.3 Å². The lowest BCUT2D eigenvalue weighted by atomic mass is 9.87. The van der Waals surface area contributed by atoms with Gasteiger partial charge in [0.2, 0.25) is 0 Å². The molecule has 1 heterocycles. The summed E-state index contributed by atoms with van der Waals surface area (Å²) in [5.74, 6) is 3.09. The first kappa shape index (κ1) is 18.9. The number of nitroso groups, excluding NO2 is 1. The maximum absolute atomic E-state index is 11.1. The van der Waals surface area contributed by atoms with Crippen LogP contribution in [0.25, 0.3) is 0 Å². The molecule has 0 saturated carbocycles. The van der Waals surface area contributed by atoms with E-state index in [4.69, 9.17) is 15.9 Å². The average molecular weight is 366 g/mol. The van der Waals surface area contributed by atoms with Gasteiger partial charge in [-0.05, 0) is 24.3 Å².